The Morgan fingerprint density at radius 3 is 2.33 bits per heavy atom. The predicted molar refractivity (Wildman–Crippen MR) is 61.7 cm³/mol. The second-order valence-corrected chi connectivity index (χ2v) is 4.68. The van der Waals surface area contributed by atoms with E-state index in [-0.39, 0.29) is 22.5 Å². The average Bonchev–Trinajstić information content (AvgIpc) is 2.43. The number of rotatable bonds is 5. The minimum absolute atomic E-state index is 0. The average molecular weight is 296 g/mol. The highest BCUT2D eigenvalue weighted by molar-refractivity contribution is 7.09. The van der Waals surface area contributed by atoms with Gasteiger partial charge in [-0.05, 0) is 13.3 Å². The molecule has 90 valence electrons. The van der Waals surface area contributed by atoms with Crippen molar-refractivity contribution in [2.24, 2.45) is 0 Å². The molecule has 0 atom stereocenters. The standard InChI is InChI=1S/C11H20NS.BrH.H2O/c1-4-5-6-7-8-12-9-13-11(3)10(12)2;;/h9H,4-8H2,1-3H3;1H;1H2/q+1;;/p-1. The van der Waals surface area contributed by atoms with Crippen LogP contribution >= 0.6 is 11.3 Å². The molecular formula is C11H22BrNOS. The quantitative estimate of drug-likeness (QED) is 0.514. The van der Waals surface area contributed by atoms with Gasteiger partial charge >= 0.3 is 0 Å². The van der Waals surface area contributed by atoms with E-state index in [9.17, 15) is 0 Å². The largest absolute Gasteiger partial charge is 1.00 e. The molecule has 1 rings (SSSR count). The number of halogens is 1. The first-order chi connectivity index (χ1) is 6.25. The Balaban J connectivity index is 0. The van der Waals surface area contributed by atoms with E-state index >= 15 is 0 Å². The molecule has 0 aliphatic carbocycles. The van der Waals surface area contributed by atoms with Crippen LogP contribution in [0, 0.1) is 13.8 Å². The Labute approximate surface area is 107 Å². The number of hydrogen-bond acceptors (Lipinski definition) is 1. The highest BCUT2D eigenvalue weighted by Crippen LogP contribution is 2.08. The number of nitrogens with zero attached hydrogens (tertiary/aromatic N) is 1. The number of aromatic nitrogens is 1. The monoisotopic (exact) mass is 295 g/mol. The van der Waals surface area contributed by atoms with Gasteiger partial charge in [0.1, 0.15) is 6.54 Å². The molecular weight excluding hydrogens is 274 g/mol. The molecule has 4 heteroatoms. The third-order valence-electron chi connectivity index (χ3n) is 2.55. The van der Waals surface area contributed by atoms with Crippen molar-refractivity contribution in [1.29, 1.82) is 0 Å². The summed E-state index contributed by atoms with van der Waals surface area (Å²) in [5.74, 6) is 0. The number of aryl methyl sites for hydroxylation is 2. The van der Waals surface area contributed by atoms with Crippen LogP contribution in [0.5, 0.6) is 0 Å². The van der Waals surface area contributed by atoms with Crippen molar-refractivity contribution in [3.05, 3.63) is 16.1 Å². The lowest BCUT2D eigenvalue weighted by atomic mass is 10.2. The van der Waals surface area contributed by atoms with Gasteiger partial charge in [-0.1, -0.05) is 31.1 Å². The van der Waals surface area contributed by atoms with E-state index in [1.807, 2.05) is 11.3 Å². The fourth-order valence-electron chi connectivity index (χ4n) is 1.44. The van der Waals surface area contributed by atoms with Crippen LogP contribution < -0.4 is 21.5 Å². The van der Waals surface area contributed by atoms with Gasteiger partial charge in [-0.25, -0.2) is 0 Å². The minimum atomic E-state index is 0. The van der Waals surface area contributed by atoms with Crippen molar-refractivity contribution in [2.75, 3.05) is 0 Å². The van der Waals surface area contributed by atoms with E-state index in [1.165, 1.54) is 42.8 Å². The van der Waals surface area contributed by atoms with Crippen LogP contribution in [0.1, 0.15) is 43.2 Å². The molecule has 0 fully saturated rings. The summed E-state index contributed by atoms with van der Waals surface area (Å²) >= 11 is 1.86. The van der Waals surface area contributed by atoms with Gasteiger partial charge in [0.25, 0.3) is 0 Å². The molecule has 1 heterocycles. The predicted octanol–water partition coefficient (Wildman–Crippen LogP) is -0.588. The summed E-state index contributed by atoms with van der Waals surface area (Å²) in [5, 5.41) is 0. The number of unbranched alkanes of at least 4 members (excludes halogenated alkanes) is 3. The summed E-state index contributed by atoms with van der Waals surface area (Å²) in [6.07, 6.45) is 5.41. The highest BCUT2D eigenvalue weighted by Gasteiger charge is 2.10. The van der Waals surface area contributed by atoms with Gasteiger partial charge in [-0.15, -0.1) is 0 Å². The Morgan fingerprint density at radius 1 is 1.20 bits per heavy atom. The molecule has 15 heavy (non-hydrogen) atoms. The number of thiazole rings is 1. The third-order valence-corrected chi connectivity index (χ3v) is 3.56. The SMILES string of the molecule is CCCCCC[n+]1csc(C)c1C.O.[Br-]. The lowest BCUT2D eigenvalue weighted by Crippen LogP contribution is -3.00. The van der Waals surface area contributed by atoms with Crippen molar-refractivity contribution >= 4 is 11.3 Å². The van der Waals surface area contributed by atoms with Gasteiger partial charge in [-0.2, -0.15) is 4.57 Å². The fraction of sp³-hybridized carbons (Fsp3) is 0.727. The second-order valence-electron chi connectivity index (χ2n) is 3.62. The minimum Gasteiger partial charge on any atom is -1.00 e. The van der Waals surface area contributed by atoms with Gasteiger partial charge in [0.15, 0.2) is 5.69 Å². The molecule has 0 aromatic carbocycles. The van der Waals surface area contributed by atoms with Crippen LogP contribution in [0.25, 0.3) is 0 Å². The Kier molecular flexibility index (Phi) is 10.8. The van der Waals surface area contributed by atoms with Gasteiger partial charge in [0.2, 0.25) is 5.51 Å². The van der Waals surface area contributed by atoms with Crippen LogP contribution in [0.15, 0.2) is 5.51 Å². The van der Waals surface area contributed by atoms with Gasteiger partial charge in [-0.3, -0.25) is 0 Å². The van der Waals surface area contributed by atoms with Crippen LogP contribution in [-0.2, 0) is 6.54 Å². The lowest BCUT2D eigenvalue weighted by molar-refractivity contribution is -0.698. The maximum absolute atomic E-state index is 2.38. The molecule has 0 spiro atoms. The van der Waals surface area contributed by atoms with Crippen LogP contribution in [0.3, 0.4) is 0 Å². The summed E-state index contributed by atoms with van der Waals surface area (Å²) in [6.45, 7) is 7.87. The topological polar surface area (TPSA) is 35.4 Å². The van der Waals surface area contributed by atoms with E-state index in [4.69, 9.17) is 0 Å². The highest BCUT2D eigenvalue weighted by atomic mass is 79.9. The molecule has 2 N–H and O–H groups in total. The Hall–Kier alpha value is 0.0700. The summed E-state index contributed by atoms with van der Waals surface area (Å²) in [6, 6.07) is 0. The molecule has 0 aliphatic rings. The zero-order valence-electron chi connectivity index (χ0n) is 9.85. The Bertz CT molecular complexity index is 263. The van der Waals surface area contributed by atoms with Gasteiger partial charge in [0, 0.05) is 13.3 Å². The zero-order valence-corrected chi connectivity index (χ0v) is 12.2. The van der Waals surface area contributed by atoms with E-state index in [0.717, 1.165) is 0 Å². The van der Waals surface area contributed by atoms with E-state index in [0.29, 0.717) is 0 Å². The Morgan fingerprint density at radius 2 is 1.87 bits per heavy atom. The summed E-state index contributed by atoms with van der Waals surface area (Å²) in [5.41, 5.74) is 3.69. The van der Waals surface area contributed by atoms with Gasteiger partial charge < -0.3 is 22.5 Å². The lowest BCUT2D eigenvalue weighted by Gasteiger charge is -1.95. The van der Waals surface area contributed by atoms with Crippen LogP contribution in [0.2, 0.25) is 0 Å². The van der Waals surface area contributed by atoms with Crippen molar-refractivity contribution in [3.63, 3.8) is 0 Å². The van der Waals surface area contributed by atoms with E-state index in [1.54, 1.807) is 0 Å². The van der Waals surface area contributed by atoms with Crippen molar-refractivity contribution < 1.29 is 27.0 Å². The van der Waals surface area contributed by atoms with Crippen molar-refractivity contribution in [3.8, 4) is 0 Å². The maximum Gasteiger partial charge on any atom is 0.225 e. The molecule has 0 aliphatic heterocycles. The summed E-state index contributed by atoms with van der Waals surface area (Å²) in [4.78, 5) is 1.45. The molecule has 2 nitrogen and oxygen atoms in total. The first-order valence-electron chi connectivity index (χ1n) is 5.19. The first kappa shape index (κ1) is 17.5. The number of hydrogen-bond donors (Lipinski definition) is 0. The molecule has 0 saturated heterocycles. The normalized spacial score (nSPS) is 9.27. The summed E-state index contributed by atoms with van der Waals surface area (Å²) < 4.78 is 2.38. The van der Waals surface area contributed by atoms with Crippen molar-refractivity contribution in [1.82, 2.24) is 0 Å². The van der Waals surface area contributed by atoms with Crippen LogP contribution in [0.4, 0.5) is 0 Å². The first-order valence-corrected chi connectivity index (χ1v) is 6.07. The molecule has 1 aromatic rings. The maximum atomic E-state index is 2.38. The second kappa shape index (κ2) is 9.31. The van der Waals surface area contributed by atoms with E-state index in [2.05, 4.69) is 30.8 Å². The summed E-state index contributed by atoms with van der Waals surface area (Å²) in [7, 11) is 0. The third kappa shape index (κ3) is 5.64. The molecule has 0 unspecified atom stereocenters. The van der Waals surface area contributed by atoms with E-state index < -0.39 is 0 Å². The molecule has 1 aromatic heterocycles. The van der Waals surface area contributed by atoms with Crippen LogP contribution in [-0.4, -0.2) is 5.48 Å². The molecule has 0 radical (unpaired) electrons. The molecule has 0 bridgehead atoms. The molecule has 0 amide bonds. The molecule has 0 saturated carbocycles. The smallest absolute Gasteiger partial charge is 0.225 e. The van der Waals surface area contributed by atoms with Crippen molar-refractivity contribution in [2.45, 2.75) is 53.0 Å². The fourth-order valence-corrected chi connectivity index (χ4v) is 2.28. The van der Waals surface area contributed by atoms with Gasteiger partial charge in [0.05, 0.1) is 4.88 Å². The zero-order chi connectivity index (χ0) is 9.68.